The van der Waals surface area contributed by atoms with Gasteiger partial charge in [0, 0.05) is 6.04 Å². The van der Waals surface area contributed by atoms with Gasteiger partial charge in [0.1, 0.15) is 0 Å². The quantitative estimate of drug-likeness (QED) is 0.172. The molecule has 2 N–H and O–H groups in total. The van der Waals surface area contributed by atoms with E-state index >= 15 is 0 Å². The lowest BCUT2D eigenvalue weighted by Crippen LogP contribution is -2.86. The minimum Gasteiger partial charge on any atom is -0.328 e. The van der Waals surface area contributed by atoms with E-state index in [-0.39, 0.29) is 28.1 Å². The summed E-state index contributed by atoms with van der Waals surface area (Å²) in [5, 5.41) is -6.68. The number of hydrogen-bond donors (Lipinski definition) is 1. The van der Waals surface area contributed by atoms with Gasteiger partial charge in [0.15, 0.2) is 0 Å². The molecule has 6 aliphatic rings. The largest absolute Gasteiger partial charge is 0.328 e. The summed E-state index contributed by atoms with van der Waals surface area (Å²) in [6.45, 7) is 35.3. The van der Waals surface area contributed by atoms with Crippen LogP contribution in [0, 0.1) is 68.5 Å². The average Bonchev–Trinajstić information content (AvgIpc) is 3.16. The summed E-state index contributed by atoms with van der Waals surface area (Å²) in [7, 11) is 55.1. The lowest BCUT2D eigenvalue weighted by molar-refractivity contribution is -0.401. The number of fused-ring (bicyclic) bond motifs is 1. The van der Waals surface area contributed by atoms with Gasteiger partial charge in [0.05, 0.1) is 54.9 Å². The maximum absolute atomic E-state index is 8.08. The van der Waals surface area contributed by atoms with Crippen molar-refractivity contribution in [3.8, 4) is 0 Å². The van der Waals surface area contributed by atoms with Crippen LogP contribution in [0.15, 0.2) is 11.1 Å². The van der Waals surface area contributed by atoms with Crippen LogP contribution in [-0.4, -0.2) is 61.0 Å². The highest BCUT2D eigenvalue weighted by molar-refractivity contribution is 6.36. The highest BCUT2D eigenvalue weighted by atomic mass is 15.0. The average molecular weight is 675 g/mol. The third kappa shape index (κ3) is 3.92. The van der Waals surface area contributed by atoms with Crippen LogP contribution in [0.2, 0.25) is 37.2 Å². The van der Waals surface area contributed by atoms with E-state index in [4.69, 9.17) is 60.7 Å². The maximum Gasteiger partial charge on any atom is 0.0760 e. The van der Waals surface area contributed by atoms with Crippen LogP contribution in [0.4, 0.5) is 0 Å². The number of hydrogen-bond acceptors (Lipinski definition) is 1. The molecule has 17 atom stereocenters. The van der Waals surface area contributed by atoms with Crippen LogP contribution in [0.1, 0.15) is 143 Å². The van der Waals surface area contributed by atoms with Crippen LogP contribution in [0.3, 0.4) is 0 Å². The Kier molecular flexibility index (Phi) is 8.44. The Morgan fingerprint density at radius 3 is 1.80 bits per heavy atom. The van der Waals surface area contributed by atoms with Crippen molar-refractivity contribution < 1.29 is 0 Å². The molecule has 0 aromatic heterocycles. The predicted molar refractivity (Wildman–Crippen MR) is 225 cm³/mol. The molecule has 2 bridgehead atoms. The van der Waals surface area contributed by atoms with Gasteiger partial charge >= 0.3 is 0 Å². The van der Waals surface area contributed by atoms with E-state index in [9.17, 15) is 0 Å². The molecule has 6 aliphatic carbocycles. The minimum absolute atomic E-state index is 0.0531. The summed E-state index contributed by atoms with van der Waals surface area (Å²) < 4.78 is 0. The SMILES string of the molecule is [B]C(C)(C(CCC(C)(C)/C(C)=C(\C)C(C)C)C(N)C([B])(C)C([B])(C)C([B])(C)C12C([B])(C)C3CC45C[C@H]6C[C@@H](C1([B])C)C(C64)([C@@H]35)C2([B])C)C(C)(C)C. The van der Waals surface area contributed by atoms with Gasteiger partial charge in [-0.05, 0) is 114 Å². The first-order valence-corrected chi connectivity index (χ1v) is 20.5. The Bertz CT molecular complexity index is 1510. The molecule has 51 heavy (non-hydrogen) atoms. The molecule has 0 aliphatic heterocycles. The highest BCUT2D eigenvalue weighted by Crippen LogP contribution is 3.10. The second-order valence-electron chi connectivity index (χ2n) is 23.4. The Labute approximate surface area is 325 Å². The molecule has 0 saturated heterocycles. The molecule has 0 aromatic carbocycles. The summed E-state index contributed by atoms with van der Waals surface area (Å²) in [5.41, 5.74) is 9.53. The van der Waals surface area contributed by atoms with Crippen molar-refractivity contribution in [3.05, 3.63) is 11.1 Å². The zero-order valence-corrected chi connectivity index (χ0v) is 35.8. The molecule has 14 radical (unpaired) electrons. The molecule has 0 amide bonds. The third-order valence-corrected chi connectivity index (χ3v) is 20.3. The van der Waals surface area contributed by atoms with E-state index in [2.05, 4.69) is 96.9 Å². The Morgan fingerprint density at radius 1 is 0.784 bits per heavy atom. The molecule has 0 heterocycles. The normalized spacial score (nSPS) is 49.8. The molecule has 14 unspecified atom stereocenters. The van der Waals surface area contributed by atoms with Crippen LogP contribution < -0.4 is 5.73 Å². The Hall–Kier alpha value is 0.155. The smallest absolute Gasteiger partial charge is 0.0760 e. The molecular weight excluding hydrogens is 606 g/mol. The molecule has 8 heteroatoms. The van der Waals surface area contributed by atoms with Crippen LogP contribution in [-0.2, 0) is 0 Å². The Balaban J connectivity index is 1.46. The maximum atomic E-state index is 8.08. The topological polar surface area (TPSA) is 26.0 Å². The van der Waals surface area contributed by atoms with Crippen molar-refractivity contribution in [1.82, 2.24) is 0 Å². The van der Waals surface area contributed by atoms with Crippen molar-refractivity contribution in [3.63, 3.8) is 0 Å². The third-order valence-electron chi connectivity index (χ3n) is 20.3. The fraction of sp³-hybridized carbons (Fsp3) is 0.953. The second kappa shape index (κ2) is 10.6. The van der Waals surface area contributed by atoms with Crippen molar-refractivity contribution in [2.24, 2.45) is 74.2 Å². The second-order valence-corrected chi connectivity index (χ2v) is 23.4. The van der Waals surface area contributed by atoms with Gasteiger partial charge in [-0.3, -0.25) is 0 Å². The van der Waals surface area contributed by atoms with Gasteiger partial charge in [-0.1, -0.05) is 145 Å². The Morgan fingerprint density at radius 2 is 1.31 bits per heavy atom. The summed E-state index contributed by atoms with van der Waals surface area (Å²) in [4.78, 5) is 0. The van der Waals surface area contributed by atoms with E-state index in [1.807, 2.05) is 13.8 Å². The zero-order chi connectivity index (χ0) is 39.3. The van der Waals surface area contributed by atoms with E-state index < -0.39 is 48.7 Å². The predicted octanol–water partition coefficient (Wildman–Crippen LogP) is 9.50. The van der Waals surface area contributed by atoms with Gasteiger partial charge in [0.25, 0.3) is 0 Å². The van der Waals surface area contributed by atoms with E-state index in [0.717, 1.165) is 25.7 Å². The number of rotatable bonds is 11. The minimum atomic E-state index is -1.27. The summed E-state index contributed by atoms with van der Waals surface area (Å²) in [5.74, 6) is 2.63. The number of allylic oxidation sites excluding steroid dienone is 2. The standard InChI is InChI=1S/C43H68B7N/c1-22(2)23(3)24(4)33(8,9)18-17-26(34(10,44)32(5,6)7)31(51)37(13,47)38(14,48)39(15,49)43-35(11,45)27-21-41-20-25-19-28(36(43,12)46)42(29(25)41,30(27)41)40(43,16)50/h22,25-31H,17-21,51H2,1-16H3/b24-23+/t25-,26?,27?,28+,29?,30+,31?,34?,35?,36?,37?,38?,39?,40?,41?,42?,43?/m1/s1. The molecule has 0 aromatic rings. The summed E-state index contributed by atoms with van der Waals surface area (Å²) in [6.07, 6.45) is 5.25. The number of nitrogens with two attached hydrogens (primary N) is 1. The molecular formula is C43H68B7N. The molecule has 6 fully saturated rings. The van der Waals surface area contributed by atoms with Crippen molar-refractivity contribution in [2.45, 2.75) is 186 Å². The molecule has 6 rings (SSSR count). The fourth-order valence-electron chi connectivity index (χ4n) is 16.7. The molecule has 2 spiro atoms. The van der Waals surface area contributed by atoms with Crippen molar-refractivity contribution >= 4 is 54.9 Å². The van der Waals surface area contributed by atoms with E-state index in [1.165, 1.54) is 17.6 Å². The van der Waals surface area contributed by atoms with Gasteiger partial charge in [-0.2, -0.15) is 0 Å². The van der Waals surface area contributed by atoms with Gasteiger partial charge in [-0.15, -0.1) is 0 Å². The molecule has 6 saturated carbocycles. The van der Waals surface area contributed by atoms with Crippen molar-refractivity contribution in [2.75, 3.05) is 0 Å². The van der Waals surface area contributed by atoms with Gasteiger partial charge in [-0.25, -0.2) is 0 Å². The fourth-order valence-corrected chi connectivity index (χ4v) is 16.7. The monoisotopic (exact) mass is 676 g/mol. The highest BCUT2D eigenvalue weighted by Gasteiger charge is 3.01. The van der Waals surface area contributed by atoms with Gasteiger partial charge in [0.2, 0.25) is 0 Å². The van der Waals surface area contributed by atoms with E-state index in [1.54, 1.807) is 0 Å². The molecule has 266 valence electrons. The first-order chi connectivity index (χ1) is 22.5. The van der Waals surface area contributed by atoms with Crippen molar-refractivity contribution in [1.29, 1.82) is 0 Å². The lowest BCUT2D eigenvalue weighted by Gasteiger charge is -2.94. The lowest BCUT2D eigenvalue weighted by atomic mass is 9.05. The summed E-state index contributed by atoms with van der Waals surface area (Å²) in [6, 6.07) is -0.601. The first kappa shape index (κ1) is 40.8. The zero-order valence-electron chi connectivity index (χ0n) is 35.8. The van der Waals surface area contributed by atoms with Crippen LogP contribution in [0.25, 0.3) is 0 Å². The van der Waals surface area contributed by atoms with Gasteiger partial charge < -0.3 is 5.73 Å². The van der Waals surface area contributed by atoms with Crippen LogP contribution in [0.5, 0.6) is 0 Å². The van der Waals surface area contributed by atoms with Crippen LogP contribution >= 0.6 is 0 Å². The van der Waals surface area contributed by atoms with E-state index in [0.29, 0.717) is 35.0 Å². The molecule has 1 nitrogen and oxygen atoms in total. The summed E-state index contributed by atoms with van der Waals surface area (Å²) >= 11 is 0. The first-order valence-electron chi connectivity index (χ1n) is 20.5.